The van der Waals surface area contributed by atoms with Crippen molar-refractivity contribution in [3.05, 3.63) is 185 Å². The van der Waals surface area contributed by atoms with Gasteiger partial charge in [-0.2, -0.15) is 9.57 Å². The quantitative estimate of drug-likeness (QED) is 0.102. The number of hydrogen-bond acceptors (Lipinski definition) is 7. The Morgan fingerprint density at radius 1 is 0.714 bits per heavy atom. The van der Waals surface area contributed by atoms with Gasteiger partial charge in [0.2, 0.25) is 15.9 Å². The number of carbonyl (C=O) groups excluding carboxylic acids is 2. The summed E-state index contributed by atoms with van der Waals surface area (Å²) in [6.45, 7) is 3.65. The van der Waals surface area contributed by atoms with Crippen LogP contribution in [0.15, 0.2) is 150 Å². The Labute approximate surface area is 328 Å². The van der Waals surface area contributed by atoms with Gasteiger partial charge in [0, 0.05) is 18.8 Å². The number of nitrogens with zero attached hydrogens (tertiary/aromatic N) is 3. The number of likely N-dealkylation sites (N-methyl/N-ethyl adjacent to an activating group) is 1. The smallest absolute Gasteiger partial charge is 0.342 e. The van der Waals surface area contributed by atoms with Crippen LogP contribution in [-0.4, -0.2) is 38.2 Å². The van der Waals surface area contributed by atoms with E-state index in [1.165, 1.54) is 24.1 Å². The minimum atomic E-state index is -4.00. The molecule has 0 N–H and O–H groups in total. The molecule has 0 fully saturated rings. The first-order valence-electron chi connectivity index (χ1n) is 18.0. The van der Waals surface area contributed by atoms with E-state index in [-0.39, 0.29) is 36.0 Å². The second kappa shape index (κ2) is 17.7. The first-order valence-corrected chi connectivity index (χ1v) is 19.4. The largest absolute Gasteiger partial charge is 0.488 e. The predicted octanol–water partition coefficient (Wildman–Crippen LogP) is 8.63. The normalized spacial score (nSPS) is 11.1. The van der Waals surface area contributed by atoms with E-state index >= 15 is 0 Å². The van der Waals surface area contributed by atoms with E-state index in [4.69, 9.17) is 9.47 Å². The lowest BCUT2D eigenvalue weighted by molar-refractivity contribution is -0.118. The molecule has 0 aliphatic heterocycles. The number of aryl methyl sites for hydroxylation is 2. The van der Waals surface area contributed by atoms with Crippen LogP contribution in [0.2, 0.25) is 0 Å². The molecule has 0 aliphatic carbocycles. The summed E-state index contributed by atoms with van der Waals surface area (Å²) in [6.07, 6.45) is 0. The van der Waals surface area contributed by atoms with Crippen molar-refractivity contribution in [1.82, 2.24) is 4.31 Å². The van der Waals surface area contributed by atoms with E-state index in [0.29, 0.717) is 11.3 Å². The Bertz CT molecular complexity index is 2460. The highest BCUT2D eigenvalue weighted by molar-refractivity contribution is 7.89. The molecule has 282 valence electrons. The second-order valence-corrected chi connectivity index (χ2v) is 15.4. The SMILES string of the molecule is Cc1ccc(S(=O)(=O)N(C)CC(=O)N(Cc2ccc(-c3ccc(C#N)cc3)cc2C)c2ccc(C(=O)OCc3ccccc3)c(OCc3ccccc3)c2)cc1. The van der Waals surface area contributed by atoms with Gasteiger partial charge in [-0.3, -0.25) is 4.79 Å². The molecular weight excluding hydrogens is 723 g/mol. The van der Waals surface area contributed by atoms with Crippen LogP contribution in [0.1, 0.15) is 43.7 Å². The third kappa shape index (κ3) is 9.57. The molecule has 0 atom stereocenters. The van der Waals surface area contributed by atoms with Crippen molar-refractivity contribution in [3.8, 4) is 22.9 Å². The number of amides is 1. The second-order valence-electron chi connectivity index (χ2n) is 13.4. The van der Waals surface area contributed by atoms with Gasteiger partial charge >= 0.3 is 5.97 Å². The summed E-state index contributed by atoms with van der Waals surface area (Å²) in [5.74, 6) is -0.887. The van der Waals surface area contributed by atoms with Gasteiger partial charge in [0.05, 0.1) is 29.6 Å². The molecule has 56 heavy (non-hydrogen) atoms. The van der Waals surface area contributed by atoms with Gasteiger partial charge in [-0.25, -0.2) is 13.2 Å². The maximum Gasteiger partial charge on any atom is 0.342 e. The van der Waals surface area contributed by atoms with E-state index in [0.717, 1.165) is 43.2 Å². The van der Waals surface area contributed by atoms with Crippen LogP contribution < -0.4 is 9.64 Å². The van der Waals surface area contributed by atoms with Crippen molar-refractivity contribution in [2.45, 2.75) is 38.5 Å². The number of sulfonamides is 1. The fourth-order valence-corrected chi connectivity index (χ4v) is 7.16. The third-order valence-corrected chi connectivity index (χ3v) is 11.2. The maximum atomic E-state index is 14.4. The highest BCUT2D eigenvalue weighted by atomic mass is 32.2. The van der Waals surface area contributed by atoms with E-state index in [2.05, 4.69) is 6.07 Å². The topological polar surface area (TPSA) is 117 Å². The lowest BCUT2D eigenvalue weighted by atomic mass is 9.98. The molecule has 9 nitrogen and oxygen atoms in total. The molecule has 0 unspecified atom stereocenters. The maximum absolute atomic E-state index is 14.4. The zero-order valence-corrected chi connectivity index (χ0v) is 32.2. The van der Waals surface area contributed by atoms with Crippen LogP contribution in [0.3, 0.4) is 0 Å². The molecule has 0 bridgehead atoms. The Morgan fingerprint density at radius 2 is 1.34 bits per heavy atom. The minimum Gasteiger partial charge on any atom is -0.488 e. The fourth-order valence-electron chi connectivity index (χ4n) is 6.04. The van der Waals surface area contributed by atoms with E-state index in [1.54, 1.807) is 42.5 Å². The van der Waals surface area contributed by atoms with E-state index < -0.39 is 28.4 Å². The van der Waals surface area contributed by atoms with Gasteiger partial charge in [-0.1, -0.05) is 109 Å². The summed E-state index contributed by atoms with van der Waals surface area (Å²) in [5.41, 5.74) is 7.33. The molecule has 10 heteroatoms. The molecular formula is C46H41N3O6S. The number of anilines is 1. The number of esters is 1. The third-order valence-electron chi connectivity index (χ3n) is 9.35. The molecule has 6 aromatic rings. The molecule has 0 spiro atoms. The summed E-state index contributed by atoms with van der Waals surface area (Å²) in [7, 11) is -2.63. The van der Waals surface area contributed by atoms with Crippen molar-refractivity contribution in [2.24, 2.45) is 0 Å². The molecule has 0 aliphatic rings. The van der Waals surface area contributed by atoms with Crippen LogP contribution in [0, 0.1) is 25.2 Å². The Kier molecular flexibility index (Phi) is 12.4. The molecule has 0 saturated heterocycles. The highest BCUT2D eigenvalue weighted by Crippen LogP contribution is 2.31. The zero-order chi connectivity index (χ0) is 39.7. The average molecular weight is 764 g/mol. The predicted molar refractivity (Wildman–Crippen MR) is 216 cm³/mol. The summed E-state index contributed by atoms with van der Waals surface area (Å²) in [6, 6.07) is 45.4. The number of hydrogen-bond donors (Lipinski definition) is 0. The first kappa shape index (κ1) is 39.2. The molecule has 0 radical (unpaired) electrons. The lowest BCUT2D eigenvalue weighted by Crippen LogP contribution is -2.41. The highest BCUT2D eigenvalue weighted by Gasteiger charge is 2.28. The van der Waals surface area contributed by atoms with Crippen molar-refractivity contribution >= 4 is 27.6 Å². The standard InChI is InChI=1S/C46H41N3O6S/c1-33-14-23-42(24-15-33)56(52,53)48(3)30-45(50)49(29-40-21-20-39(26-34(40)2)38-18-16-35(28-47)17-19-38)41-22-25-43(46(51)55-32-37-12-8-5-9-13-37)44(27-41)54-31-36-10-6-4-7-11-36/h4-27H,29-32H2,1-3H3. The van der Waals surface area contributed by atoms with Crippen molar-refractivity contribution < 1.29 is 27.5 Å². The number of benzene rings is 6. The number of carbonyl (C=O) groups is 2. The molecule has 6 aromatic carbocycles. The fraction of sp³-hybridized carbons (Fsp3) is 0.152. The molecule has 6 rings (SSSR count). The summed E-state index contributed by atoms with van der Waals surface area (Å²) in [5, 5.41) is 9.23. The van der Waals surface area contributed by atoms with Gasteiger partial charge < -0.3 is 14.4 Å². The Hall–Kier alpha value is -6.54. The summed E-state index contributed by atoms with van der Waals surface area (Å²) < 4.78 is 40.1. The Morgan fingerprint density at radius 3 is 1.96 bits per heavy atom. The minimum absolute atomic E-state index is 0.0592. The van der Waals surface area contributed by atoms with Crippen LogP contribution in [0.4, 0.5) is 5.69 Å². The van der Waals surface area contributed by atoms with E-state index in [9.17, 15) is 23.3 Å². The van der Waals surface area contributed by atoms with Crippen LogP contribution in [0.5, 0.6) is 5.75 Å². The van der Waals surface area contributed by atoms with E-state index in [1.807, 2.05) is 105 Å². The molecule has 0 aromatic heterocycles. The van der Waals surface area contributed by atoms with Crippen LogP contribution >= 0.6 is 0 Å². The summed E-state index contributed by atoms with van der Waals surface area (Å²) in [4.78, 5) is 29.5. The van der Waals surface area contributed by atoms with Gasteiger partial charge in [0.1, 0.15) is 24.5 Å². The van der Waals surface area contributed by atoms with Crippen molar-refractivity contribution in [1.29, 1.82) is 5.26 Å². The lowest BCUT2D eigenvalue weighted by Gasteiger charge is -2.27. The molecule has 0 heterocycles. The number of nitriles is 1. The van der Waals surface area contributed by atoms with Crippen LogP contribution in [-0.2, 0) is 39.3 Å². The average Bonchev–Trinajstić information content (AvgIpc) is 3.22. The van der Waals surface area contributed by atoms with Crippen molar-refractivity contribution in [2.75, 3.05) is 18.5 Å². The molecule has 0 saturated carbocycles. The van der Waals surface area contributed by atoms with Gasteiger partial charge in [-0.05, 0) is 83.6 Å². The summed E-state index contributed by atoms with van der Waals surface area (Å²) >= 11 is 0. The van der Waals surface area contributed by atoms with Crippen molar-refractivity contribution in [3.63, 3.8) is 0 Å². The van der Waals surface area contributed by atoms with Crippen LogP contribution in [0.25, 0.3) is 11.1 Å². The monoisotopic (exact) mass is 763 g/mol. The number of rotatable bonds is 14. The number of ether oxygens (including phenoxy) is 2. The van der Waals surface area contributed by atoms with Gasteiger partial charge in [0.15, 0.2) is 0 Å². The zero-order valence-electron chi connectivity index (χ0n) is 31.4. The molecule has 1 amide bonds. The Balaban J connectivity index is 1.35. The first-order chi connectivity index (χ1) is 27.0. The van der Waals surface area contributed by atoms with Gasteiger partial charge in [-0.15, -0.1) is 0 Å². The van der Waals surface area contributed by atoms with Gasteiger partial charge in [0.25, 0.3) is 0 Å².